The van der Waals surface area contributed by atoms with Crippen LogP contribution in [0, 0.1) is 11.7 Å². The van der Waals surface area contributed by atoms with Crippen molar-refractivity contribution in [3.05, 3.63) is 72.2 Å². The van der Waals surface area contributed by atoms with Gasteiger partial charge in [0.15, 0.2) is 0 Å². The number of nitrogens with one attached hydrogen (secondary N) is 1. The van der Waals surface area contributed by atoms with Crippen LogP contribution >= 0.6 is 0 Å². The lowest BCUT2D eigenvalue weighted by Crippen LogP contribution is -2.50. The summed E-state index contributed by atoms with van der Waals surface area (Å²) in [5, 5.41) is 12.5. The molecule has 0 saturated carbocycles. The van der Waals surface area contributed by atoms with Gasteiger partial charge in [-0.1, -0.05) is 31.2 Å². The van der Waals surface area contributed by atoms with Crippen molar-refractivity contribution in [1.82, 2.24) is 14.8 Å². The largest absolute Gasteiger partial charge is 0.497 e. The van der Waals surface area contributed by atoms with E-state index in [1.165, 1.54) is 17.0 Å². The number of carbonyl (C=O) groups is 2. The maximum absolute atomic E-state index is 14.1. The van der Waals surface area contributed by atoms with E-state index in [-0.39, 0.29) is 48.7 Å². The van der Waals surface area contributed by atoms with Gasteiger partial charge in [-0.15, -0.1) is 0 Å². The highest BCUT2D eigenvalue weighted by Gasteiger charge is 2.35. The van der Waals surface area contributed by atoms with Crippen LogP contribution in [0.2, 0.25) is 0 Å². The lowest BCUT2D eigenvalue weighted by atomic mass is 9.99. The molecule has 0 bridgehead atoms. The van der Waals surface area contributed by atoms with Crippen molar-refractivity contribution in [2.45, 2.75) is 26.0 Å². The van der Waals surface area contributed by atoms with Crippen LogP contribution in [-0.2, 0) is 0 Å². The first-order valence-electron chi connectivity index (χ1n) is 12.7. The number of pyridine rings is 1. The number of benzene rings is 2. The van der Waals surface area contributed by atoms with Gasteiger partial charge in [0.1, 0.15) is 23.2 Å². The summed E-state index contributed by atoms with van der Waals surface area (Å²) >= 11 is 0. The van der Waals surface area contributed by atoms with E-state index in [2.05, 4.69) is 10.3 Å². The fourth-order valence-electron chi connectivity index (χ4n) is 4.41. The third-order valence-corrected chi connectivity index (χ3v) is 6.84. The number of anilines is 1. The number of aliphatic hydroxyl groups is 1. The third kappa shape index (κ3) is 6.28. The van der Waals surface area contributed by atoms with Crippen molar-refractivity contribution in [3.8, 4) is 22.8 Å². The molecule has 2 aromatic carbocycles. The van der Waals surface area contributed by atoms with Gasteiger partial charge >= 0.3 is 6.03 Å². The fourth-order valence-corrected chi connectivity index (χ4v) is 4.41. The average molecular weight is 537 g/mol. The number of ether oxygens (including phenoxy) is 2. The van der Waals surface area contributed by atoms with E-state index >= 15 is 0 Å². The van der Waals surface area contributed by atoms with Gasteiger partial charge in [-0.2, -0.15) is 0 Å². The molecule has 0 spiro atoms. The highest BCUT2D eigenvalue weighted by molar-refractivity contribution is 5.98. The summed E-state index contributed by atoms with van der Waals surface area (Å²) in [5.74, 6) is -0.254. The average Bonchev–Trinajstić information content (AvgIpc) is 2.95. The van der Waals surface area contributed by atoms with Crippen LogP contribution in [-0.4, -0.2) is 77.8 Å². The molecule has 0 fully saturated rings. The van der Waals surface area contributed by atoms with E-state index < -0.39 is 24.0 Å². The minimum Gasteiger partial charge on any atom is -0.497 e. The lowest BCUT2D eigenvalue weighted by Gasteiger charge is -2.37. The van der Waals surface area contributed by atoms with Crippen molar-refractivity contribution in [3.63, 3.8) is 0 Å². The highest BCUT2D eigenvalue weighted by atomic mass is 19.1. The van der Waals surface area contributed by atoms with Crippen LogP contribution in [0.4, 0.5) is 14.9 Å². The molecule has 2 heterocycles. The smallest absolute Gasteiger partial charge is 0.321 e. The molecule has 1 aliphatic heterocycles. The Labute approximate surface area is 227 Å². The molecule has 1 aromatic heterocycles. The van der Waals surface area contributed by atoms with Crippen LogP contribution in [0.15, 0.2) is 60.8 Å². The van der Waals surface area contributed by atoms with Crippen LogP contribution in [0.3, 0.4) is 0 Å². The van der Waals surface area contributed by atoms with E-state index in [9.17, 15) is 19.1 Å². The van der Waals surface area contributed by atoms with Crippen LogP contribution in [0.1, 0.15) is 24.2 Å². The molecule has 0 saturated heterocycles. The lowest BCUT2D eigenvalue weighted by molar-refractivity contribution is 0.0356. The second kappa shape index (κ2) is 12.1. The summed E-state index contributed by atoms with van der Waals surface area (Å²) in [6, 6.07) is 14.1. The molecule has 10 heteroatoms. The predicted octanol–water partition coefficient (Wildman–Crippen LogP) is 4.28. The SMILES string of the molecule is COc1cccc(-c2cnc3c(c2)C(=O)N([C@@H](C)CO)C[C@@H](C)[C@H](CN(C)C(=O)Nc2ccccc2F)O3)c1. The molecular formula is C29H33FN4O5. The second-order valence-electron chi connectivity index (χ2n) is 9.72. The molecule has 4 rings (SSSR count). The van der Waals surface area contributed by atoms with Gasteiger partial charge in [0, 0.05) is 31.3 Å². The number of para-hydroxylation sites is 1. The quantitative estimate of drug-likeness (QED) is 0.467. The molecule has 0 unspecified atom stereocenters. The Kier molecular flexibility index (Phi) is 8.65. The number of carbonyl (C=O) groups excluding carboxylic acids is 2. The number of methoxy groups -OCH3 is 1. The molecule has 1 aliphatic rings. The van der Waals surface area contributed by atoms with Crippen LogP contribution < -0.4 is 14.8 Å². The van der Waals surface area contributed by atoms with E-state index in [1.54, 1.807) is 50.4 Å². The number of likely N-dealkylation sites (N-methyl/N-ethyl adjacent to an activating group) is 1. The Morgan fingerprint density at radius 2 is 2.03 bits per heavy atom. The first-order valence-corrected chi connectivity index (χ1v) is 12.7. The molecule has 39 heavy (non-hydrogen) atoms. The summed E-state index contributed by atoms with van der Waals surface area (Å²) in [6.45, 7) is 3.90. The Balaban J connectivity index is 1.64. The Morgan fingerprint density at radius 3 is 2.74 bits per heavy atom. The molecule has 3 amide bonds. The molecule has 3 aromatic rings. The van der Waals surface area contributed by atoms with Crippen molar-refractivity contribution < 1.29 is 28.6 Å². The van der Waals surface area contributed by atoms with E-state index in [0.717, 1.165) is 5.56 Å². The molecule has 206 valence electrons. The van der Waals surface area contributed by atoms with Gasteiger partial charge in [0.05, 0.1) is 32.0 Å². The number of rotatable bonds is 7. The number of aliphatic hydroxyl groups excluding tert-OH is 1. The van der Waals surface area contributed by atoms with Gasteiger partial charge in [0.25, 0.3) is 5.91 Å². The van der Waals surface area contributed by atoms with Crippen LogP contribution in [0.5, 0.6) is 11.6 Å². The summed E-state index contributed by atoms with van der Waals surface area (Å²) < 4.78 is 25.7. The number of urea groups is 1. The van der Waals surface area contributed by atoms with Crippen molar-refractivity contribution in [1.29, 1.82) is 0 Å². The predicted molar refractivity (Wildman–Crippen MR) is 145 cm³/mol. The standard InChI is InChI=1S/C29H33FN4O5/c1-18-15-34(19(2)17-35)28(36)23-13-21(20-8-7-9-22(12-20)38-4)14-31-27(23)39-26(18)16-33(3)29(37)32-25-11-6-5-10-24(25)30/h5-14,18-19,26,35H,15-17H2,1-4H3,(H,32,37)/t18-,19+,26+/m1/s1. The minimum atomic E-state index is -0.545. The molecule has 9 nitrogen and oxygen atoms in total. The number of aromatic nitrogens is 1. The first kappa shape index (κ1) is 27.8. The first-order chi connectivity index (χ1) is 18.7. The summed E-state index contributed by atoms with van der Waals surface area (Å²) in [5.41, 5.74) is 1.85. The Morgan fingerprint density at radius 1 is 1.26 bits per heavy atom. The Bertz CT molecular complexity index is 1340. The zero-order chi connectivity index (χ0) is 28.1. The second-order valence-corrected chi connectivity index (χ2v) is 9.72. The van der Waals surface area contributed by atoms with Gasteiger partial charge in [-0.3, -0.25) is 4.79 Å². The maximum atomic E-state index is 14.1. The number of fused-ring (bicyclic) bond motifs is 1. The van der Waals surface area contributed by atoms with E-state index in [1.807, 2.05) is 31.2 Å². The molecule has 3 atom stereocenters. The van der Waals surface area contributed by atoms with Gasteiger partial charge < -0.3 is 29.7 Å². The molecule has 0 radical (unpaired) electrons. The highest BCUT2D eigenvalue weighted by Crippen LogP contribution is 2.31. The number of hydrogen-bond acceptors (Lipinski definition) is 6. The van der Waals surface area contributed by atoms with Crippen molar-refractivity contribution in [2.75, 3.05) is 39.2 Å². The maximum Gasteiger partial charge on any atom is 0.321 e. The zero-order valence-electron chi connectivity index (χ0n) is 22.4. The summed E-state index contributed by atoms with van der Waals surface area (Å²) in [4.78, 5) is 34.0. The summed E-state index contributed by atoms with van der Waals surface area (Å²) in [7, 11) is 3.17. The van der Waals surface area contributed by atoms with Crippen LogP contribution in [0.25, 0.3) is 11.1 Å². The topological polar surface area (TPSA) is 104 Å². The summed E-state index contributed by atoms with van der Waals surface area (Å²) in [6.07, 6.45) is 1.08. The normalized spacial score (nSPS) is 17.8. The molecule has 2 N–H and O–H groups in total. The Hall–Kier alpha value is -4.18. The minimum absolute atomic E-state index is 0.0756. The van der Waals surface area contributed by atoms with Gasteiger partial charge in [0.2, 0.25) is 5.88 Å². The van der Waals surface area contributed by atoms with Gasteiger partial charge in [-0.05, 0) is 42.8 Å². The van der Waals surface area contributed by atoms with Gasteiger partial charge in [-0.25, -0.2) is 14.2 Å². The molecular weight excluding hydrogens is 503 g/mol. The van der Waals surface area contributed by atoms with Crippen molar-refractivity contribution >= 4 is 17.6 Å². The number of nitrogens with zero attached hydrogens (tertiary/aromatic N) is 3. The number of hydrogen-bond donors (Lipinski definition) is 2. The molecule has 0 aliphatic carbocycles. The third-order valence-electron chi connectivity index (χ3n) is 6.84. The zero-order valence-corrected chi connectivity index (χ0v) is 22.4. The fraction of sp³-hybridized carbons (Fsp3) is 0.345. The van der Waals surface area contributed by atoms with E-state index in [4.69, 9.17) is 9.47 Å². The van der Waals surface area contributed by atoms with E-state index in [0.29, 0.717) is 11.3 Å². The number of amides is 3. The number of halogens is 1. The monoisotopic (exact) mass is 536 g/mol. The van der Waals surface area contributed by atoms with Crippen molar-refractivity contribution in [2.24, 2.45) is 5.92 Å².